The average Bonchev–Trinajstić information content (AvgIpc) is 2.82. The van der Waals surface area contributed by atoms with Gasteiger partial charge in [0.2, 0.25) is 5.91 Å². The van der Waals surface area contributed by atoms with Crippen LogP contribution in [0.1, 0.15) is 12.8 Å². The molecule has 0 aromatic carbocycles. The Kier molecular flexibility index (Phi) is 2.13. The SMILES string of the molecule is NC(=O)CN1C2=CC=CCC2C2CC=CC21. The number of carbonyl (C=O) groups excluding carboxylic acids is 1. The summed E-state index contributed by atoms with van der Waals surface area (Å²) in [5.41, 5.74) is 6.63. The first-order valence-electron chi connectivity index (χ1n) is 5.85. The van der Waals surface area contributed by atoms with Crippen molar-refractivity contribution in [3.8, 4) is 0 Å². The van der Waals surface area contributed by atoms with Crippen LogP contribution in [-0.2, 0) is 4.79 Å². The standard InChI is InChI=1S/C13H16N2O/c14-13(16)8-15-11-6-2-1-4-9(11)10-5-3-7-12(10)15/h1-3,6-7,9-10,12H,4-5,8H2,(H2,14,16). The number of likely N-dealkylation sites (tertiary alicyclic amines) is 1. The van der Waals surface area contributed by atoms with Gasteiger partial charge < -0.3 is 10.6 Å². The molecular formula is C13H16N2O. The van der Waals surface area contributed by atoms with Crippen LogP contribution in [0.25, 0.3) is 0 Å². The van der Waals surface area contributed by atoms with E-state index in [1.807, 2.05) is 0 Å². The molecule has 3 aliphatic rings. The van der Waals surface area contributed by atoms with E-state index in [1.165, 1.54) is 5.70 Å². The molecule has 1 amide bonds. The van der Waals surface area contributed by atoms with Crippen molar-refractivity contribution in [1.82, 2.24) is 4.90 Å². The molecular weight excluding hydrogens is 200 g/mol. The number of fused-ring (bicyclic) bond motifs is 3. The van der Waals surface area contributed by atoms with E-state index in [-0.39, 0.29) is 5.91 Å². The van der Waals surface area contributed by atoms with Crippen molar-refractivity contribution in [2.45, 2.75) is 18.9 Å². The largest absolute Gasteiger partial charge is 0.368 e. The number of allylic oxidation sites excluding steroid dienone is 5. The van der Waals surface area contributed by atoms with Crippen molar-refractivity contribution in [1.29, 1.82) is 0 Å². The van der Waals surface area contributed by atoms with Gasteiger partial charge in [-0.25, -0.2) is 0 Å². The lowest BCUT2D eigenvalue weighted by Gasteiger charge is -2.25. The van der Waals surface area contributed by atoms with E-state index in [2.05, 4.69) is 35.3 Å². The van der Waals surface area contributed by atoms with E-state index in [1.54, 1.807) is 0 Å². The molecule has 84 valence electrons. The van der Waals surface area contributed by atoms with E-state index >= 15 is 0 Å². The van der Waals surface area contributed by atoms with Crippen LogP contribution >= 0.6 is 0 Å². The second-order valence-electron chi connectivity index (χ2n) is 4.77. The molecule has 2 aliphatic carbocycles. The van der Waals surface area contributed by atoms with Crippen molar-refractivity contribution in [2.24, 2.45) is 17.6 Å². The van der Waals surface area contributed by atoms with Gasteiger partial charge >= 0.3 is 0 Å². The molecule has 0 aromatic heterocycles. The Morgan fingerprint density at radius 3 is 3.12 bits per heavy atom. The Balaban J connectivity index is 1.94. The van der Waals surface area contributed by atoms with Gasteiger partial charge in [-0.2, -0.15) is 0 Å². The smallest absolute Gasteiger partial charge is 0.236 e. The Morgan fingerprint density at radius 2 is 2.31 bits per heavy atom. The summed E-state index contributed by atoms with van der Waals surface area (Å²) in [4.78, 5) is 13.3. The number of nitrogens with two attached hydrogens (primary N) is 1. The van der Waals surface area contributed by atoms with Gasteiger partial charge in [-0.05, 0) is 24.8 Å². The van der Waals surface area contributed by atoms with E-state index < -0.39 is 0 Å². The van der Waals surface area contributed by atoms with E-state index in [4.69, 9.17) is 5.73 Å². The van der Waals surface area contributed by atoms with Crippen LogP contribution in [0.4, 0.5) is 0 Å². The number of nitrogens with zero attached hydrogens (tertiary/aromatic N) is 1. The van der Waals surface area contributed by atoms with E-state index in [9.17, 15) is 4.79 Å². The Labute approximate surface area is 95.3 Å². The summed E-state index contributed by atoms with van der Waals surface area (Å²) in [7, 11) is 0. The maximum absolute atomic E-state index is 11.1. The lowest BCUT2D eigenvalue weighted by Crippen LogP contribution is -2.36. The van der Waals surface area contributed by atoms with Gasteiger partial charge in [0.15, 0.2) is 0 Å². The second-order valence-corrected chi connectivity index (χ2v) is 4.77. The third kappa shape index (κ3) is 1.31. The summed E-state index contributed by atoms with van der Waals surface area (Å²) in [5, 5.41) is 0. The van der Waals surface area contributed by atoms with Crippen LogP contribution in [0.3, 0.4) is 0 Å². The summed E-state index contributed by atoms with van der Waals surface area (Å²) >= 11 is 0. The molecule has 0 radical (unpaired) electrons. The van der Waals surface area contributed by atoms with Crippen LogP contribution in [0, 0.1) is 11.8 Å². The minimum atomic E-state index is -0.241. The first kappa shape index (κ1) is 9.70. The molecule has 3 atom stereocenters. The van der Waals surface area contributed by atoms with E-state index in [0.717, 1.165) is 12.8 Å². The minimum absolute atomic E-state index is 0.241. The van der Waals surface area contributed by atoms with Gasteiger partial charge in [0.1, 0.15) is 0 Å². The van der Waals surface area contributed by atoms with E-state index in [0.29, 0.717) is 24.4 Å². The Bertz CT molecular complexity index is 408. The predicted octanol–water partition coefficient (Wildman–Crippen LogP) is 1.19. The lowest BCUT2D eigenvalue weighted by molar-refractivity contribution is -0.118. The highest BCUT2D eigenvalue weighted by molar-refractivity contribution is 5.76. The van der Waals surface area contributed by atoms with Crippen LogP contribution in [0.15, 0.2) is 36.1 Å². The molecule has 3 unspecified atom stereocenters. The van der Waals surface area contributed by atoms with Gasteiger partial charge in [-0.1, -0.05) is 24.3 Å². The predicted molar refractivity (Wildman–Crippen MR) is 62.3 cm³/mol. The monoisotopic (exact) mass is 216 g/mol. The lowest BCUT2D eigenvalue weighted by atomic mass is 9.85. The van der Waals surface area contributed by atoms with Gasteiger partial charge in [-0.3, -0.25) is 4.79 Å². The zero-order valence-electron chi connectivity index (χ0n) is 9.17. The minimum Gasteiger partial charge on any atom is -0.368 e. The van der Waals surface area contributed by atoms with Crippen molar-refractivity contribution in [3.05, 3.63) is 36.1 Å². The molecule has 1 fully saturated rings. The molecule has 0 spiro atoms. The van der Waals surface area contributed by atoms with Crippen molar-refractivity contribution >= 4 is 5.91 Å². The first-order chi connectivity index (χ1) is 7.77. The molecule has 0 aromatic rings. The van der Waals surface area contributed by atoms with Crippen molar-refractivity contribution in [3.63, 3.8) is 0 Å². The molecule has 0 bridgehead atoms. The van der Waals surface area contributed by atoms with Crippen molar-refractivity contribution < 1.29 is 4.79 Å². The number of hydrogen-bond donors (Lipinski definition) is 1. The third-order valence-electron chi connectivity index (χ3n) is 3.89. The number of carbonyl (C=O) groups is 1. The first-order valence-corrected chi connectivity index (χ1v) is 5.85. The summed E-state index contributed by atoms with van der Waals surface area (Å²) in [6.45, 7) is 0.349. The fraction of sp³-hybridized carbons (Fsp3) is 0.462. The summed E-state index contributed by atoms with van der Waals surface area (Å²) in [5.74, 6) is 0.995. The summed E-state index contributed by atoms with van der Waals surface area (Å²) < 4.78 is 0. The maximum Gasteiger partial charge on any atom is 0.236 e. The van der Waals surface area contributed by atoms with Crippen LogP contribution < -0.4 is 5.73 Å². The summed E-state index contributed by atoms with van der Waals surface area (Å²) in [6.07, 6.45) is 13.1. The van der Waals surface area contributed by atoms with Crippen molar-refractivity contribution in [2.75, 3.05) is 6.54 Å². The molecule has 1 heterocycles. The fourth-order valence-electron chi connectivity index (χ4n) is 3.27. The molecule has 16 heavy (non-hydrogen) atoms. The van der Waals surface area contributed by atoms with Crippen LogP contribution in [0.5, 0.6) is 0 Å². The number of hydrogen-bond acceptors (Lipinski definition) is 2. The zero-order valence-corrected chi connectivity index (χ0v) is 9.17. The molecule has 1 aliphatic heterocycles. The number of rotatable bonds is 2. The molecule has 3 heteroatoms. The van der Waals surface area contributed by atoms with Gasteiger partial charge in [0.25, 0.3) is 0 Å². The second kappa shape index (κ2) is 3.51. The maximum atomic E-state index is 11.1. The Hall–Kier alpha value is -1.51. The molecule has 3 rings (SSSR count). The third-order valence-corrected chi connectivity index (χ3v) is 3.89. The normalized spacial score (nSPS) is 34.9. The van der Waals surface area contributed by atoms with Crippen LogP contribution in [-0.4, -0.2) is 23.4 Å². The number of amides is 1. The quantitative estimate of drug-likeness (QED) is 0.705. The zero-order chi connectivity index (χ0) is 11.1. The van der Waals surface area contributed by atoms with Gasteiger partial charge in [0.05, 0.1) is 12.6 Å². The fourth-order valence-corrected chi connectivity index (χ4v) is 3.27. The Morgan fingerprint density at radius 1 is 1.44 bits per heavy atom. The molecule has 1 saturated heterocycles. The molecule has 3 nitrogen and oxygen atoms in total. The molecule has 0 saturated carbocycles. The highest BCUT2D eigenvalue weighted by atomic mass is 16.1. The highest BCUT2D eigenvalue weighted by Crippen LogP contribution is 2.46. The summed E-state index contributed by atoms with van der Waals surface area (Å²) in [6, 6.07) is 0.392. The topological polar surface area (TPSA) is 46.3 Å². The number of primary amides is 1. The van der Waals surface area contributed by atoms with Gasteiger partial charge in [0, 0.05) is 11.6 Å². The van der Waals surface area contributed by atoms with Crippen LogP contribution in [0.2, 0.25) is 0 Å². The van der Waals surface area contributed by atoms with Gasteiger partial charge in [-0.15, -0.1) is 0 Å². The average molecular weight is 216 g/mol. The highest BCUT2D eigenvalue weighted by Gasteiger charge is 2.45. The molecule has 2 N–H and O–H groups in total.